The molecule has 1 unspecified atom stereocenters. The molecule has 2 aromatic heterocycles. The molecule has 0 aliphatic carbocycles. The number of hydrogen-bond donors (Lipinski definition) is 1. The summed E-state index contributed by atoms with van der Waals surface area (Å²) in [4.78, 5) is 10.5. The summed E-state index contributed by atoms with van der Waals surface area (Å²) in [6.45, 7) is 3.76. The zero-order valence-corrected chi connectivity index (χ0v) is 11.3. The number of H-pyrrole nitrogens is 1. The highest BCUT2D eigenvalue weighted by molar-refractivity contribution is 6.04. The molecule has 6 rings (SSSR count). The lowest BCUT2D eigenvalue weighted by atomic mass is 9.75. The van der Waals surface area contributed by atoms with E-state index in [1.165, 1.54) is 48.9 Å². The second kappa shape index (κ2) is 3.85. The van der Waals surface area contributed by atoms with E-state index in [-0.39, 0.29) is 0 Å². The van der Waals surface area contributed by atoms with Crippen molar-refractivity contribution in [3.63, 3.8) is 0 Å². The number of nitrogens with zero attached hydrogens (tertiary/aromatic N) is 2. The first-order valence-electron chi connectivity index (χ1n) is 7.46. The van der Waals surface area contributed by atoms with Crippen molar-refractivity contribution in [3.8, 4) is 0 Å². The zero-order valence-electron chi connectivity index (χ0n) is 11.3. The Morgan fingerprint density at radius 3 is 2.95 bits per heavy atom. The summed E-state index contributed by atoms with van der Waals surface area (Å²) in [6.07, 6.45) is 6.43. The molecule has 0 spiro atoms. The van der Waals surface area contributed by atoms with E-state index < -0.39 is 0 Å². The predicted octanol–water partition coefficient (Wildman–Crippen LogP) is 3.12. The molecule has 3 aromatic rings. The molecule has 0 radical (unpaired) electrons. The lowest BCUT2D eigenvalue weighted by Gasteiger charge is -2.44. The number of aromatic amines is 1. The fourth-order valence-electron chi connectivity index (χ4n) is 4.18. The molecule has 4 heteroatoms. The minimum Gasteiger partial charge on any atom is -0.443 e. The number of nitrogens with one attached hydrogen (secondary N) is 1. The van der Waals surface area contributed by atoms with Gasteiger partial charge in [0.1, 0.15) is 5.52 Å². The van der Waals surface area contributed by atoms with Gasteiger partial charge in [-0.05, 0) is 49.5 Å². The van der Waals surface area contributed by atoms with Crippen molar-refractivity contribution in [2.75, 3.05) is 19.6 Å². The van der Waals surface area contributed by atoms with E-state index >= 15 is 0 Å². The highest BCUT2D eigenvalue weighted by atomic mass is 16.3. The Kier molecular flexibility index (Phi) is 2.10. The van der Waals surface area contributed by atoms with E-state index in [0.29, 0.717) is 5.92 Å². The second-order valence-corrected chi connectivity index (χ2v) is 6.18. The molecule has 0 amide bonds. The molecule has 3 fully saturated rings. The van der Waals surface area contributed by atoms with Gasteiger partial charge in [0.2, 0.25) is 0 Å². The Morgan fingerprint density at radius 1 is 1.25 bits per heavy atom. The van der Waals surface area contributed by atoms with Gasteiger partial charge in [-0.1, -0.05) is 0 Å². The van der Waals surface area contributed by atoms with Crippen molar-refractivity contribution in [2.45, 2.75) is 18.8 Å². The van der Waals surface area contributed by atoms with Gasteiger partial charge in [0, 0.05) is 29.6 Å². The summed E-state index contributed by atoms with van der Waals surface area (Å²) in [7, 11) is 0. The number of oxazole rings is 1. The standard InChI is InChI=1S/C16H17N3O/c1-2-14-16(18-9-20-14)15-11(7-17-13(1)15)12-8-19-5-3-10(12)4-6-19/h1-2,7,9-10,12,17H,3-6,8H2. The minimum absolute atomic E-state index is 0.647. The summed E-state index contributed by atoms with van der Waals surface area (Å²) < 4.78 is 5.46. The smallest absolute Gasteiger partial charge is 0.182 e. The summed E-state index contributed by atoms with van der Waals surface area (Å²) in [5.74, 6) is 1.48. The highest BCUT2D eigenvalue weighted by Gasteiger charge is 2.36. The monoisotopic (exact) mass is 267 g/mol. The predicted molar refractivity (Wildman–Crippen MR) is 77.8 cm³/mol. The van der Waals surface area contributed by atoms with E-state index in [1.54, 1.807) is 6.39 Å². The van der Waals surface area contributed by atoms with Crippen molar-refractivity contribution in [2.24, 2.45) is 5.92 Å². The maximum absolute atomic E-state index is 5.46. The number of piperidine rings is 3. The first kappa shape index (κ1) is 10.9. The number of aromatic nitrogens is 2. The maximum atomic E-state index is 5.46. The van der Waals surface area contributed by atoms with Gasteiger partial charge in [0.15, 0.2) is 12.0 Å². The van der Waals surface area contributed by atoms with Crippen LogP contribution in [0.1, 0.15) is 24.3 Å². The summed E-state index contributed by atoms with van der Waals surface area (Å²) in [5, 5.41) is 1.27. The lowest BCUT2D eigenvalue weighted by molar-refractivity contribution is 0.0877. The van der Waals surface area contributed by atoms with Crippen LogP contribution in [0.25, 0.3) is 22.0 Å². The van der Waals surface area contributed by atoms with Crippen LogP contribution in [-0.2, 0) is 0 Å². The van der Waals surface area contributed by atoms with E-state index in [0.717, 1.165) is 17.0 Å². The van der Waals surface area contributed by atoms with Crippen LogP contribution in [-0.4, -0.2) is 34.5 Å². The Morgan fingerprint density at radius 2 is 2.15 bits per heavy atom. The molecule has 0 saturated carbocycles. The highest BCUT2D eigenvalue weighted by Crippen LogP contribution is 2.42. The van der Waals surface area contributed by atoms with Gasteiger partial charge in [-0.25, -0.2) is 4.98 Å². The van der Waals surface area contributed by atoms with Gasteiger partial charge in [-0.2, -0.15) is 0 Å². The van der Waals surface area contributed by atoms with Crippen molar-refractivity contribution in [3.05, 3.63) is 30.3 Å². The van der Waals surface area contributed by atoms with Gasteiger partial charge < -0.3 is 14.3 Å². The van der Waals surface area contributed by atoms with E-state index in [4.69, 9.17) is 4.42 Å². The largest absolute Gasteiger partial charge is 0.443 e. The molecule has 3 aliphatic heterocycles. The Bertz CT molecular complexity index is 779. The molecule has 3 aliphatic rings. The van der Waals surface area contributed by atoms with E-state index in [1.807, 2.05) is 6.07 Å². The summed E-state index contributed by atoms with van der Waals surface area (Å²) in [6, 6.07) is 4.11. The number of rotatable bonds is 1. The molecule has 2 bridgehead atoms. The van der Waals surface area contributed by atoms with Crippen molar-refractivity contribution >= 4 is 22.0 Å². The maximum Gasteiger partial charge on any atom is 0.182 e. The fourth-order valence-corrected chi connectivity index (χ4v) is 4.18. The van der Waals surface area contributed by atoms with E-state index in [9.17, 15) is 0 Å². The van der Waals surface area contributed by atoms with Crippen molar-refractivity contribution in [1.82, 2.24) is 14.9 Å². The van der Waals surface area contributed by atoms with Crippen LogP contribution in [0, 0.1) is 5.92 Å². The number of benzene rings is 1. The molecule has 1 N–H and O–H groups in total. The Labute approximate surface area is 116 Å². The fraction of sp³-hybridized carbons (Fsp3) is 0.438. The first-order valence-corrected chi connectivity index (χ1v) is 7.46. The van der Waals surface area contributed by atoms with Crippen LogP contribution >= 0.6 is 0 Å². The molecule has 1 aromatic carbocycles. The van der Waals surface area contributed by atoms with Gasteiger partial charge in [-0.3, -0.25) is 0 Å². The van der Waals surface area contributed by atoms with Crippen LogP contribution < -0.4 is 0 Å². The summed E-state index contributed by atoms with van der Waals surface area (Å²) >= 11 is 0. The van der Waals surface area contributed by atoms with Crippen molar-refractivity contribution < 1.29 is 4.42 Å². The minimum atomic E-state index is 0.647. The number of hydrogen-bond acceptors (Lipinski definition) is 3. The third-order valence-electron chi connectivity index (χ3n) is 5.23. The average Bonchev–Trinajstić information content (AvgIpc) is 3.14. The van der Waals surface area contributed by atoms with Crippen LogP contribution in [0.5, 0.6) is 0 Å². The quantitative estimate of drug-likeness (QED) is 0.736. The van der Waals surface area contributed by atoms with Crippen LogP contribution in [0.4, 0.5) is 0 Å². The van der Waals surface area contributed by atoms with Crippen molar-refractivity contribution in [1.29, 1.82) is 0 Å². The molecule has 4 nitrogen and oxygen atoms in total. The topological polar surface area (TPSA) is 45.1 Å². The third kappa shape index (κ3) is 1.37. The van der Waals surface area contributed by atoms with Gasteiger partial charge >= 0.3 is 0 Å². The van der Waals surface area contributed by atoms with E-state index in [2.05, 4.69) is 27.1 Å². The molecule has 5 heterocycles. The average molecular weight is 267 g/mol. The Balaban J connectivity index is 1.74. The molecular formula is C16H17N3O. The molecule has 1 atom stereocenters. The van der Waals surface area contributed by atoms with Gasteiger partial charge in [0.25, 0.3) is 0 Å². The second-order valence-electron chi connectivity index (χ2n) is 6.18. The molecule has 3 saturated heterocycles. The summed E-state index contributed by atoms with van der Waals surface area (Å²) in [5.41, 5.74) is 4.52. The van der Waals surface area contributed by atoms with Crippen LogP contribution in [0.15, 0.2) is 29.1 Å². The zero-order chi connectivity index (χ0) is 13.1. The normalized spacial score (nSPS) is 29.5. The molecule has 20 heavy (non-hydrogen) atoms. The Hall–Kier alpha value is -1.81. The van der Waals surface area contributed by atoms with Gasteiger partial charge in [-0.15, -0.1) is 0 Å². The number of fused-ring (bicyclic) bond motifs is 6. The van der Waals surface area contributed by atoms with Crippen LogP contribution in [0.3, 0.4) is 0 Å². The third-order valence-corrected chi connectivity index (χ3v) is 5.23. The molecular weight excluding hydrogens is 250 g/mol. The SMILES string of the molecule is c1nc2c(ccc3[nH]cc(C4CN5CCC4CC5)c32)o1. The van der Waals surface area contributed by atoms with Crippen LogP contribution in [0.2, 0.25) is 0 Å². The first-order chi connectivity index (χ1) is 9.90. The molecule has 102 valence electrons. The van der Waals surface area contributed by atoms with Gasteiger partial charge in [0.05, 0.1) is 0 Å². The lowest BCUT2D eigenvalue weighted by Crippen LogP contribution is -2.46.